The van der Waals surface area contributed by atoms with Gasteiger partial charge in [-0.15, -0.1) is 0 Å². The van der Waals surface area contributed by atoms with Crippen molar-refractivity contribution in [1.29, 1.82) is 0 Å². The number of aromatic amines is 1. The molecule has 0 aliphatic carbocycles. The molecule has 0 aliphatic rings. The summed E-state index contributed by atoms with van der Waals surface area (Å²) in [5.41, 5.74) is 2.76. The second-order valence-electron chi connectivity index (χ2n) is 4.83. The number of nitrogens with one attached hydrogen (secondary N) is 1. The van der Waals surface area contributed by atoms with Gasteiger partial charge in [-0.25, -0.2) is 0 Å². The van der Waals surface area contributed by atoms with Gasteiger partial charge >= 0.3 is 0 Å². The highest BCUT2D eigenvalue weighted by atomic mass is 16.6. The maximum atomic E-state index is 10.4. The summed E-state index contributed by atoms with van der Waals surface area (Å²) < 4.78 is 5.76. The summed E-state index contributed by atoms with van der Waals surface area (Å²) in [6.45, 7) is 0.501. The highest BCUT2D eigenvalue weighted by Gasteiger charge is 2.04. The fourth-order valence-electron chi connectivity index (χ4n) is 2.24. The van der Waals surface area contributed by atoms with Gasteiger partial charge in [-0.3, -0.25) is 10.1 Å². The highest BCUT2D eigenvalue weighted by Crippen LogP contribution is 2.24. The quantitative estimate of drug-likeness (QED) is 0.571. The third-order valence-electron chi connectivity index (χ3n) is 3.31. The topological polar surface area (TPSA) is 68.2 Å². The normalized spacial score (nSPS) is 11.1. The van der Waals surface area contributed by atoms with Crippen LogP contribution in [0.25, 0.3) is 17.0 Å². The van der Waals surface area contributed by atoms with E-state index in [1.807, 2.05) is 48.5 Å². The van der Waals surface area contributed by atoms with Crippen LogP contribution in [0.2, 0.25) is 0 Å². The third kappa shape index (κ3) is 3.15. The first-order valence-corrected chi connectivity index (χ1v) is 6.82. The van der Waals surface area contributed by atoms with Gasteiger partial charge in [0.05, 0.1) is 4.92 Å². The largest absolute Gasteiger partial charge is 0.489 e. The van der Waals surface area contributed by atoms with Crippen molar-refractivity contribution in [3.8, 4) is 5.75 Å². The van der Waals surface area contributed by atoms with Crippen LogP contribution in [0.15, 0.2) is 60.9 Å². The van der Waals surface area contributed by atoms with Gasteiger partial charge in [-0.05, 0) is 17.7 Å². The van der Waals surface area contributed by atoms with Crippen molar-refractivity contribution in [2.45, 2.75) is 6.61 Å². The molecular formula is C17H14N2O3. The van der Waals surface area contributed by atoms with Crippen LogP contribution in [-0.4, -0.2) is 9.91 Å². The number of nitrogens with zero attached hydrogens (tertiary/aromatic N) is 1. The lowest BCUT2D eigenvalue weighted by molar-refractivity contribution is -0.400. The second-order valence-corrected chi connectivity index (χ2v) is 4.83. The zero-order valence-electron chi connectivity index (χ0n) is 11.7. The Bertz CT molecular complexity index is 822. The molecule has 110 valence electrons. The minimum atomic E-state index is -0.476. The molecule has 22 heavy (non-hydrogen) atoms. The molecule has 1 N–H and O–H groups in total. The van der Waals surface area contributed by atoms with Gasteiger partial charge < -0.3 is 9.72 Å². The monoisotopic (exact) mass is 294 g/mol. The van der Waals surface area contributed by atoms with E-state index in [9.17, 15) is 10.1 Å². The first kappa shape index (κ1) is 13.9. The van der Waals surface area contributed by atoms with Crippen LogP contribution in [0, 0.1) is 10.1 Å². The second kappa shape index (κ2) is 6.13. The molecule has 0 saturated carbocycles. The van der Waals surface area contributed by atoms with Crippen LogP contribution in [0.4, 0.5) is 0 Å². The Hall–Kier alpha value is -3.08. The number of nitro groups is 1. The lowest BCUT2D eigenvalue weighted by Gasteiger charge is -2.06. The highest BCUT2D eigenvalue weighted by molar-refractivity contribution is 5.89. The molecule has 0 unspecified atom stereocenters. The van der Waals surface area contributed by atoms with E-state index < -0.39 is 4.92 Å². The molecule has 0 spiro atoms. The van der Waals surface area contributed by atoms with E-state index in [0.29, 0.717) is 6.61 Å². The van der Waals surface area contributed by atoms with Gasteiger partial charge in [-0.1, -0.05) is 30.3 Å². The minimum Gasteiger partial charge on any atom is -0.489 e. The third-order valence-corrected chi connectivity index (χ3v) is 3.31. The SMILES string of the molecule is O=[N+]([O-])C=Cc1c[nH]c2cc(OCc3ccccc3)ccc12. The van der Waals surface area contributed by atoms with Crippen molar-refractivity contribution in [3.05, 3.63) is 82.2 Å². The fraction of sp³-hybridized carbons (Fsp3) is 0.0588. The molecular weight excluding hydrogens is 280 g/mol. The fourth-order valence-corrected chi connectivity index (χ4v) is 2.24. The van der Waals surface area contributed by atoms with E-state index in [2.05, 4.69) is 4.98 Å². The Balaban J connectivity index is 1.78. The van der Waals surface area contributed by atoms with E-state index in [0.717, 1.165) is 34.0 Å². The average molecular weight is 294 g/mol. The summed E-state index contributed by atoms with van der Waals surface area (Å²) in [6, 6.07) is 15.6. The maximum Gasteiger partial charge on any atom is 0.235 e. The molecule has 5 nitrogen and oxygen atoms in total. The maximum absolute atomic E-state index is 10.4. The zero-order valence-corrected chi connectivity index (χ0v) is 11.7. The molecule has 2 aromatic carbocycles. The number of rotatable bonds is 5. The van der Waals surface area contributed by atoms with Crippen LogP contribution in [0.3, 0.4) is 0 Å². The van der Waals surface area contributed by atoms with Crippen LogP contribution in [0.1, 0.15) is 11.1 Å². The number of hydrogen-bond donors (Lipinski definition) is 1. The summed E-state index contributed by atoms with van der Waals surface area (Å²) in [5, 5.41) is 11.3. The summed E-state index contributed by atoms with van der Waals surface area (Å²) >= 11 is 0. The minimum absolute atomic E-state index is 0.476. The van der Waals surface area contributed by atoms with Gasteiger partial charge in [0, 0.05) is 34.8 Å². The number of H-pyrrole nitrogens is 1. The summed E-state index contributed by atoms with van der Waals surface area (Å²) in [5.74, 6) is 0.753. The average Bonchev–Trinajstić information content (AvgIpc) is 2.94. The van der Waals surface area contributed by atoms with Crippen molar-refractivity contribution < 1.29 is 9.66 Å². The van der Waals surface area contributed by atoms with Crippen molar-refractivity contribution in [3.63, 3.8) is 0 Å². The van der Waals surface area contributed by atoms with Gasteiger partial charge in [0.1, 0.15) is 12.4 Å². The lowest BCUT2D eigenvalue weighted by atomic mass is 10.1. The molecule has 0 amide bonds. The molecule has 3 aromatic rings. The van der Waals surface area contributed by atoms with Crippen molar-refractivity contribution in [2.75, 3.05) is 0 Å². The predicted octanol–water partition coefficient (Wildman–Crippen LogP) is 3.99. The summed E-state index contributed by atoms with van der Waals surface area (Å²) in [7, 11) is 0. The molecule has 0 aliphatic heterocycles. The van der Waals surface area contributed by atoms with Crippen LogP contribution in [-0.2, 0) is 6.61 Å². The van der Waals surface area contributed by atoms with E-state index in [-0.39, 0.29) is 0 Å². The number of ether oxygens (including phenoxy) is 1. The Kier molecular flexibility index (Phi) is 3.87. The molecule has 0 radical (unpaired) electrons. The number of hydrogen-bond acceptors (Lipinski definition) is 3. The summed E-state index contributed by atoms with van der Waals surface area (Å²) in [6.07, 6.45) is 4.15. The number of fused-ring (bicyclic) bond motifs is 1. The van der Waals surface area contributed by atoms with Gasteiger partial charge in [0.15, 0.2) is 0 Å². The summed E-state index contributed by atoms with van der Waals surface area (Å²) in [4.78, 5) is 13.0. The molecule has 0 saturated heterocycles. The Labute approximate surface area is 127 Å². The van der Waals surface area contributed by atoms with Gasteiger partial charge in [0.25, 0.3) is 0 Å². The Morgan fingerprint density at radius 1 is 1.18 bits per heavy atom. The van der Waals surface area contributed by atoms with E-state index in [4.69, 9.17) is 4.74 Å². The van der Waals surface area contributed by atoms with E-state index in [1.54, 1.807) is 6.20 Å². The first-order chi connectivity index (χ1) is 10.7. The molecule has 5 heteroatoms. The van der Waals surface area contributed by atoms with E-state index >= 15 is 0 Å². The Morgan fingerprint density at radius 3 is 2.77 bits per heavy atom. The Morgan fingerprint density at radius 2 is 2.00 bits per heavy atom. The molecule has 0 atom stereocenters. The smallest absolute Gasteiger partial charge is 0.235 e. The van der Waals surface area contributed by atoms with Crippen molar-refractivity contribution in [1.82, 2.24) is 4.98 Å². The molecule has 0 fully saturated rings. The van der Waals surface area contributed by atoms with Crippen LogP contribution < -0.4 is 4.74 Å². The zero-order chi connectivity index (χ0) is 15.4. The van der Waals surface area contributed by atoms with E-state index in [1.165, 1.54) is 6.08 Å². The molecule has 3 rings (SSSR count). The molecule has 1 heterocycles. The van der Waals surface area contributed by atoms with Crippen molar-refractivity contribution in [2.24, 2.45) is 0 Å². The standard InChI is InChI=1S/C17H14N2O3/c20-19(21)9-8-14-11-18-17-10-15(6-7-16(14)17)22-12-13-4-2-1-3-5-13/h1-11,18H,12H2. The van der Waals surface area contributed by atoms with Gasteiger partial charge in [-0.2, -0.15) is 0 Å². The number of benzene rings is 2. The van der Waals surface area contributed by atoms with Crippen LogP contribution >= 0.6 is 0 Å². The van der Waals surface area contributed by atoms with Crippen LogP contribution in [0.5, 0.6) is 5.75 Å². The van der Waals surface area contributed by atoms with Crippen molar-refractivity contribution >= 4 is 17.0 Å². The lowest BCUT2D eigenvalue weighted by Crippen LogP contribution is -1.94. The molecule has 1 aromatic heterocycles. The first-order valence-electron chi connectivity index (χ1n) is 6.82. The van der Waals surface area contributed by atoms with Gasteiger partial charge in [0.2, 0.25) is 6.20 Å². The molecule has 0 bridgehead atoms. The predicted molar refractivity (Wildman–Crippen MR) is 85.1 cm³/mol. The number of aromatic nitrogens is 1.